The van der Waals surface area contributed by atoms with Crippen LogP contribution in [0.3, 0.4) is 0 Å². The number of allylic oxidation sites excluding steroid dienone is 4. The molecule has 0 atom stereocenters. The molecule has 2 aromatic rings. The maximum absolute atomic E-state index is 13.1. The number of fused-ring (bicyclic) bond motifs is 2. The molecule has 0 aromatic heterocycles. The quantitative estimate of drug-likeness (QED) is 0.477. The van der Waals surface area contributed by atoms with E-state index in [2.05, 4.69) is 32.1 Å². The molecule has 0 radical (unpaired) electrons. The lowest BCUT2D eigenvalue weighted by atomic mass is 9.95. The topological polar surface area (TPSA) is 17.1 Å². The molecule has 0 fully saturated rings. The minimum atomic E-state index is 0.0956. The van der Waals surface area contributed by atoms with Crippen LogP contribution >= 0.6 is 11.6 Å². The van der Waals surface area contributed by atoms with Crippen LogP contribution in [-0.2, 0) is 6.42 Å². The van der Waals surface area contributed by atoms with Crippen LogP contribution in [-0.4, -0.2) is 5.78 Å². The van der Waals surface area contributed by atoms with Gasteiger partial charge in [0.25, 0.3) is 0 Å². The van der Waals surface area contributed by atoms with Crippen LogP contribution in [0, 0.1) is 0 Å². The monoisotopic (exact) mass is 378 g/mol. The second-order valence-corrected chi connectivity index (χ2v) is 7.58. The normalized spacial score (nSPS) is 15.4. The first kappa shape index (κ1) is 19.6. The summed E-state index contributed by atoms with van der Waals surface area (Å²) in [7, 11) is 0. The SMILES string of the molecule is CC/C=C(/CCC)CCC=C1Cc2ccccc2C(=O)c2ccc(Cl)cc21. The van der Waals surface area contributed by atoms with E-state index in [1.807, 2.05) is 36.4 Å². The second kappa shape index (κ2) is 9.19. The zero-order valence-corrected chi connectivity index (χ0v) is 17.0. The molecule has 0 unspecified atom stereocenters. The van der Waals surface area contributed by atoms with Gasteiger partial charge in [0.1, 0.15) is 0 Å². The first-order chi connectivity index (χ1) is 13.1. The zero-order valence-electron chi connectivity index (χ0n) is 16.2. The molecule has 27 heavy (non-hydrogen) atoms. The van der Waals surface area contributed by atoms with Crippen molar-refractivity contribution >= 4 is 23.0 Å². The van der Waals surface area contributed by atoms with Gasteiger partial charge < -0.3 is 0 Å². The van der Waals surface area contributed by atoms with Crippen molar-refractivity contribution in [1.82, 2.24) is 0 Å². The summed E-state index contributed by atoms with van der Waals surface area (Å²) in [5.74, 6) is 0.0956. The van der Waals surface area contributed by atoms with E-state index in [9.17, 15) is 4.79 Å². The summed E-state index contributed by atoms with van der Waals surface area (Å²) < 4.78 is 0. The van der Waals surface area contributed by atoms with E-state index in [-0.39, 0.29) is 5.78 Å². The Hall–Kier alpha value is -2.12. The highest BCUT2D eigenvalue weighted by Gasteiger charge is 2.23. The van der Waals surface area contributed by atoms with Crippen LogP contribution in [0.2, 0.25) is 5.02 Å². The van der Waals surface area contributed by atoms with Crippen molar-refractivity contribution in [1.29, 1.82) is 0 Å². The Bertz CT molecular complexity index is 889. The third-order valence-corrected chi connectivity index (χ3v) is 5.37. The highest BCUT2D eigenvalue weighted by molar-refractivity contribution is 6.31. The number of ketones is 1. The lowest BCUT2D eigenvalue weighted by Crippen LogP contribution is -2.03. The smallest absolute Gasteiger partial charge is 0.193 e. The van der Waals surface area contributed by atoms with Gasteiger partial charge in [-0.15, -0.1) is 0 Å². The molecule has 0 saturated heterocycles. The Kier molecular flexibility index (Phi) is 6.68. The zero-order chi connectivity index (χ0) is 19.2. The molecule has 0 amide bonds. The number of hydrogen-bond acceptors (Lipinski definition) is 1. The van der Waals surface area contributed by atoms with E-state index < -0.39 is 0 Å². The van der Waals surface area contributed by atoms with Crippen LogP contribution in [0.25, 0.3) is 5.57 Å². The van der Waals surface area contributed by atoms with Gasteiger partial charge in [-0.25, -0.2) is 0 Å². The van der Waals surface area contributed by atoms with Crippen molar-refractivity contribution in [2.24, 2.45) is 0 Å². The van der Waals surface area contributed by atoms with E-state index in [0.29, 0.717) is 5.02 Å². The molecule has 2 heteroatoms. The van der Waals surface area contributed by atoms with E-state index in [4.69, 9.17) is 11.6 Å². The number of carbonyl (C=O) groups excluding carboxylic acids is 1. The Morgan fingerprint density at radius 3 is 2.63 bits per heavy atom. The predicted octanol–water partition coefficient (Wildman–Crippen LogP) is 7.43. The largest absolute Gasteiger partial charge is 0.289 e. The highest BCUT2D eigenvalue weighted by atomic mass is 35.5. The van der Waals surface area contributed by atoms with Crippen LogP contribution < -0.4 is 0 Å². The molecule has 0 bridgehead atoms. The Balaban J connectivity index is 1.96. The predicted molar refractivity (Wildman–Crippen MR) is 116 cm³/mol. The van der Waals surface area contributed by atoms with Gasteiger partial charge in [-0.2, -0.15) is 0 Å². The Morgan fingerprint density at radius 2 is 1.85 bits per heavy atom. The van der Waals surface area contributed by atoms with Crippen molar-refractivity contribution in [3.63, 3.8) is 0 Å². The number of hydrogen-bond donors (Lipinski definition) is 0. The minimum absolute atomic E-state index is 0.0956. The van der Waals surface area contributed by atoms with Crippen molar-refractivity contribution in [3.8, 4) is 0 Å². The minimum Gasteiger partial charge on any atom is -0.289 e. The molecule has 0 saturated carbocycles. The Labute approximate surface area is 167 Å². The third kappa shape index (κ3) is 4.59. The second-order valence-electron chi connectivity index (χ2n) is 7.14. The number of benzene rings is 2. The molecular formula is C25H27ClO. The summed E-state index contributed by atoms with van der Waals surface area (Å²) in [6.45, 7) is 4.42. The number of rotatable bonds is 6. The Morgan fingerprint density at radius 1 is 1.04 bits per heavy atom. The summed E-state index contributed by atoms with van der Waals surface area (Å²) in [4.78, 5) is 13.1. The van der Waals surface area contributed by atoms with Crippen molar-refractivity contribution in [2.75, 3.05) is 0 Å². The third-order valence-electron chi connectivity index (χ3n) is 5.14. The van der Waals surface area contributed by atoms with Gasteiger partial charge in [0, 0.05) is 16.1 Å². The molecule has 140 valence electrons. The van der Waals surface area contributed by atoms with E-state index in [1.165, 1.54) is 24.0 Å². The molecule has 2 aromatic carbocycles. The average Bonchev–Trinajstić information content (AvgIpc) is 2.77. The summed E-state index contributed by atoms with van der Waals surface area (Å²) >= 11 is 6.27. The molecule has 0 heterocycles. The number of carbonyl (C=O) groups is 1. The standard InChI is InChI=1S/C25H27ClO/c1-3-8-18(9-4-2)10-7-12-20-16-19-11-5-6-13-22(19)25(27)23-15-14-21(26)17-24(20)23/h5-6,8,11-15,17H,3-4,7,9-10,16H2,1-2H3/b18-8-,20-12?. The average molecular weight is 379 g/mol. The van der Waals surface area contributed by atoms with Gasteiger partial charge in [0.05, 0.1) is 0 Å². The maximum atomic E-state index is 13.1. The lowest BCUT2D eigenvalue weighted by Gasteiger charge is -2.10. The van der Waals surface area contributed by atoms with Crippen LogP contribution in [0.15, 0.2) is 60.2 Å². The molecule has 0 spiro atoms. The maximum Gasteiger partial charge on any atom is 0.193 e. The van der Waals surface area contributed by atoms with Gasteiger partial charge in [0.15, 0.2) is 5.78 Å². The van der Waals surface area contributed by atoms with Crippen molar-refractivity contribution < 1.29 is 4.79 Å². The van der Waals surface area contributed by atoms with Crippen molar-refractivity contribution in [2.45, 2.75) is 52.4 Å². The molecular weight excluding hydrogens is 352 g/mol. The number of halogens is 1. The molecule has 0 aliphatic heterocycles. The summed E-state index contributed by atoms with van der Waals surface area (Å²) in [5, 5.41) is 0.677. The molecule has 1 nitrogen and oxygen atoms in total. The van der Waals surface area contributed by atoms with Crippen LogP contribution in [0.1, 0.15) is 73.0 Å². The van der Waals surface area contributed by atoms with Gasteiger partial charge in [-0.1, -0.05) is 73.9 Å². The van der Waals surface area contributed by atoms with Gasteiger partial charge in [-0.3, -0.25) is 4.79 Å². The highest BCUT2D eigenvalue weighted by Crippen LogP contribution is 2.33. The summed E-state index contributed by atoms with van der Waals surface area (Å²) in [6.07, 6.45) is 11.0. The molecule has 3 rings (SSSR count). The summed E-state index contributed by atoms with van der Waals surface area (Å²) in [6, 6.07) is 13.6. The first-order valence-corrected chi connectivity index (χ1v) is 10.3. The lowest BCUT2D eigenvalue weighted by molar-refractivity contribution is 0.103. The van der Waals surface area contributed by atoms with E-state index in [0.717, 1.165) is 47.9 Å². The molecule has 1 aliphatic rings. The fourth-order valence-corrected chi connectivity index (χ4v) is 4.05. The van der Waals surface area contributed by atoms with Crippen molar-refractivity contribution in [3.05, 3.63) is 87.5 Å². The fourth-order valence-electron chi connectivity index (χ4n) is 3.87. The van der Waals surface area contributed by atoms with Gasteiger partial charge >= 0.3 is 0 Å². The van der Waals surface area contributed by atoms with Crippen LogP contribution in [0.4, 0.5) is 0 Å². The molecule has 0 N–H and O–H groups in total. The van der Waals surface area contributed by atoms with E-state index in [1.54, 1.807) is 0 Å². The fraction of sp³-hybridized carbons (Fsp3) is 0.320. The van der Waals surface area contributed by atoms with E-state index >= 15 is 0 Å². The van der Waals surface area contributed by atoms with Gasteiger partial charge in [0.2, 0.25) is 0 Å². The van der Waals surface area contributed by atoms with Crippen LogP contribution in [0.5, 0.6) is 0 Å². The summed E-state index contributed by atoms with van der Waals surface area (Å²) in [5.41, 5.74) is 6.39. The molecule has 1 aliphatic carbocycles. The van der Waals surface area contributed by atoms with Gasteiger partial charge in [-0.05, 0) is 67.0 Å². The first-order valence-electron chi connectivity index (χ1n) is 9.93.